The largest absolute Gasteiger partial charge is 0.314 e. The molecule has 0 bridgehead atoms. The van der Waals surface area contributed by atoms with Gasteiger partial charge in [0.2, 0.25) is 5.91 Å². The first-order valence-corrected chi connectivity index (χ1v) is 8.21. The van der Waals surface area contributed by atoms with E-state index in [1.165, 1.54) is 4.90 Å². The molecule has 1 atom stereocenters. The molecule has 2 aromatic rings. The molecule has 0 aliphatic carbocycles. The summed E-state index contributed by atoms with van der Waals surface area (Å²) in [6, 6.07) is 15.6. The average Bonchev–Trinajstić information content (AvgIpc) is 2.58. The minimum Gasteiger partial charge on any atom is -0.314 e. The van der Waals surface area contributed by atoms with Gasteiger partial charge >= 0.3 is 0 Å². The quantitative estimate of drug-likeness (QED) is 0.813. The molecule has 0 aromatic heterocycles. The third-order valence-corrected chi connectivity index (χ3v) is 5.96. The lowest BCUT2D eigenvalue weighted by atomic mass is 10.1. The molecule has 1 heterocycles. The monoisotopic (exact) mass is 301 g/mol. The second kappa shape index (κ2) is 5.00. The third-order valence-electron chi connectivity index (χ3n) is 3.81. The summed E-state index contributed by atoms with van der Waals surface area (Å²) in [5.74, 6) is -0.197. The average molecular weight is 301 g/mol. The van der Waals surface area contributed by atoms with Gasteiger partial charge in [-0.2, -0.15) is 0 Å². The lowest BCUT2D eigenvalue weighted by molar-refractivity contribution is -0.118. The fraction of sp³-hybridized carbons (Fsp3) is 0.188. The maximum Gasteiger partial charge on any atom is 0.228 e. The van der Waals surface area contributed by atoms with E-state index in [9.17, 15) is 13.2 Å². The van der Waals surface area contributed by atoms with Crippen LogP contribution in [0, 0.1) is 0 Å². The Bertz CT molecular complexity index is 784. The van der Waals surface area contributed by atoms with E-state index in [2.05, 4.69) is 0 Å². The molecule has 21 heavy (non-hydrogen) atoms. The first-order valence-electron chi connectivity index (χ1n) is 6.66. The van der Waals surface area contributed by atoms with Crippen molar-refractivity contribution in [1.29, 1.82) is 0 Å². The molecule has 0 fully saturated rings. The van der Waals surface area contributed by atoms with E-state index in [1.54, 1.807) is 55.6 Å². The van der Waals surface area contributed by atoms with Crippen molar-refractivity contribution in [2.45, 2.75) is 16.6 Å². The fourth-order valence-corrected chi connectivity index (χ4v) is 4.58. The number of hydrogen-bond acceptors (Lipinski definition) is 3. The Labute approximate surface area is 123 Å². The highest BCUT2D eigenvalue weighted by Gasteiger charge is 2.37. The molecule has 0 saturated carbocycles. The lowest BCUT2D eigenvalue weighted by Gasteiger charge is -2.15. The molecular formula is C16H15NO3S. The van der Waals surface area contributed by atoms with E-state index >= 15 is 0 Å². The highest BCUT2D eigenvalue weighted by molar-refractivity contribution is 7.92. The summed E-state index contributed by atoms with van der Waals surface area (Å²) in [5.41, 5.74) is 1.09. The van der Waals surface area contributed by atoms with E-state index in [0.717, 1.165) is 0 Å². The number of carbonyl (C=O) groups is 1. The Kier molecular flexibility index (Phi) is 3.29. The predicted molar refractivity (Wildman–Crippen MR) is 80.8 cm³/mol. The molecule has 5 heteroatoms. The highest BCUT2D eigenvalue weighted by Crippen LogP contribution is 2.39. The molecule has 0 N–H and O–H groups in total. The second-order valence-corrected chi connectivity index (χ2v) is 7.17. The zero-order valence-electron chi connectivity index (χ0n) is 11.6. The van der Waals surface area contributed by atoms with Crippen LogP contribution in [0.25, 0.3) is 0 Å². The molecule has 0 unspecified atom stereocenters. The fourth-order valence-electron chi connectivity index (χ4n) is 2.63. The van der Waals surface area contributed by atoms with Crippen molar-refractivity contribution < 1.29 is 13.2 Å². The van der Waals surface area contributed by atoms with Crippen LogP contribution in [-0.2, 0) is 14.6 Å². The van der Waals surface area contributed by atoms with E-state index in [1.807, 2.05) is 6.07 Å². The number of hydrogen-bond donors (Lipinski definition) is 0. The number of sulfone groups is 1. The van der Waals surface area contributed by atoms with Gasteiger partial charge in [0.05, 0.1) is 15.8 Å². The van der Waals surface area contributed by atoms with E-state index in [-0.39, 0.29) is 17.2 Å². The molecule has 0 spiro atoms. The van der Waals surface area contributed by atoms with E-state index < -0.39 is 15.1 Å². The minimum absolute atomic E-state index is 0.0441. The van der Waals surface area contributed by atoms with Gasteiger partial charge < -0.3 is 4.90 Å². The second-order valence-electron chi connectivity index (χ2n) is 5.07. The lowest BCUT2D eigenvalue weighted by Crippen LogP contribution is -2.26. The Morgan fingerprint density at radius 1 is 1.00 bits per heavy atom. The van der Waals surface area contributed by atoms with Crippen LogP contribution in [0.15, 0.2) is 59.5 Å². The Morgan fingerprint density at radius 3 is 2.33 bits per heavy atom. The van der Waals surface area contributed by atoms with E-state index in [0.29, 0.717) is 11.3 Å². The first-order chi connectivity index (χ1) is 10.0. The Balaban J connectivity index is 2.24. The number of carbonyl (C=O) groups excluding carboxylic acids is 1. The number of fused-ring (bicyclic) bond motifs is 1. The van der Waals surface area contributed by atoms with Crippen molar-refractivity contribution in [2.75, 3.05) is 11.9 Å². The van der Waals surface area contributed by atoms with E-state index in [4.69, 9.17) is 0 Å². The summed E-state index contributed by atoms with van der Waals surface area (Å²) >= 11 is 0. The van der Waals surface area contributed by atoms with Crippen LogP contribution in [0.2, 0.25) is 0 Å². The summed E-state index contributed by atoms with van der Waals surface area (Å²) in [5, 5.41) is -0.836. The maximum absolute atomic E-state index is 12.9. The van der Waals surface area contributed by atoms with Crippen LogP contribution in [0.5, 0.6) is 0 Å². The zero-order valence-corrected chi connectivity index (χ0v) is 12.4. The normalized spacial score (nSPS) is 20.7. The van der Waals surface area contributed by atoms with Gasteiger partial charge in [-0.1, -0.05) is 42.5 Å². The van der Waals surface area contributed by atoms with Gasteiger partial charge in [-0.3, -0.25) is 4.79 Å². The summed E-state index contributed by atoms with van der Waals surface area (Å²) in [4.78, 5) is 14.0. The van der Waals surface area contributed by atoms with Crippen molar-refractivity contribution in [1.82, 2.24) is 0 Å². The topological polar surface area (TPSA) is 54.5 Å². The molecule has 3 rings (SSSR count). The van der Waals surface area contributed by atoms with Gasteiger partial charge in [-0.15, -0.1) is 0 Å². The van der Waals surface area contributed by atoms with Crippen molar-refractivity contribution in [3.05, 3.63) is 60.2 Å². The molecule has 2 aromatic carbocycles. The Morgan fingerprint density at radius 2 is 1.62 bits per heavy atom. The van der Waals surface area contributed by atoms with Crippen molar-refractivity contribution >= 4 is 21.4 Å². The molecular weight excluding hydrogens is 286 g/mol. The Hall–Kier alpha value is -2.14. The van der Waals surface area contributed by atoms with Crippen LogP contribution >= 0.6 is 0 Å². The molecule has 0 radical (unpaired) electrons. The van der Waals surface area contributed by atoms with Gasteiger partial charge in [0, 0.05) is 13.5 Å². The van der Waals surface area contributed by atoms with Crippen LogP contribution in [0.3, 0.4) is 0 Å². The maximum atomic E-state index is 12.9. The van der Waals surface area contributed by atoms with Crippen LogP contribution < -0.4 is 4.90 Å². The van der Waals surface area contributed by atoms with Gasteiger partial charge in [0.25, 0.3) is 0 Å². The molecule has 1 aliphatic rings. The number of benzene rings is 2. The van der Waals surface area contributed by atoms with Gasteiger partial charge in [0.15, 0.2) is 9.84 Å². The molecule has 0 saturated heterocycles. The first kappa shape index (κ1) is 13.8. The van der Waals surface area contributed by atoms with Crippen molar-refractivity contribution in [3.63, 3.8) is 0 Å². The number of nitrogens with zero attached hydrogens (tertiary/aromatic N) is 1. The van der Waals surface area contributed by atoms with Crippen LogP contribution in [0.4, 0.5) is 5.69 Å². The molecule has 108 valence electrons. The molecule has 1 aliphatic heterocycles. The molecule has 4 nitrogen and oxygen atoms in total. The van der Waals surface area contributed by atoms with Gasteiger partial charge in [-0.05, 0) is 17.7 Å². The number of para-hydroxylation sites is 1. The standard InChI is InChI=1S/C16H15NO3S/c1-17-13-9-5-6-10-14(13)21(19,20)15(11-16(17)18)12-7-3-2-4-8-12/h2-10,15H,11H2,1H3/t15-/m1/s1. The van der Waals surface area contributed by atoms with Gasteiger partial charge in [0.1, 0.15) is 0 Å². The zero-order chi connectivity index (χ0) is 15.0. The summed E-state index contributed by atoms with van der Waals surface area (Å²) in [6.45, 7) is 0. The van der Waals surface area contributed by atoms with Crippen molar-refractivity contribution in [2.24, 2.45) is 0 Å². The number of amides is 1. The number of anilines is 1. The molecule has 1 amide bonds. The van der Waals surface area contributed by atoms with Crippen LogP contribution in [0.1, 0.15) is 17.2 Å². The summed E-state index contributed by atoms with van der Waals surface area (Å²) < 4.78 is 25.9. The summed E-state index contributed by atoms with van der Waals surface area (Å²) in [7, 11) is -1.99. The summed E-state index contributed by atoms with van der Waals surface area (Å²) in [6.07, 6.45) is -0.0441. The SMILES string of the molecule is CN1C(=O)C[C@H](c2ccccc2)S(=O)(=O)c2ccccc21. The number of rotatable bonds is 1. The predicted octanol–water partition coefficient (Wildman–Crippen LogP) is 2.57. The highest BCUT2D eigenvalue weighted by atomic mass is 32.2. The van der Waals surface area contributed by atoms with Crippen LogP contribution in [-0.4, -0.2) is 21.4 Å². The van der Waals surface area contributed by atoms with Crippen molar-refractivity contribution in [3.8, 4) is 0 Å². The third kappa shape index (κ3) is 2.23. The smallest absolute Gasteiger partial charge is 0.228 e. The minimum atomic E-state index is -3.60. The van der Waals surface area contributed by atoms with Gasteiger partial charge in [-0.25, -0.2) is 8.42 Å².